The maximum Gasteiger partial charge on any atom is 0.174 e. The van der Waals surface area contributed by atoms with Gasteiger partial charge in [-0.15, -0.1) is 0 Å². The molecule has 2 heteroatoms. The summed E-state index contributed by atoms with van der Waals surface area (Å²) in [7, 11) is 0. The molecule has 0 heterocycles. The molecule has 0 aliphatic rings. The lowest BCUT2D eigenvalue weighted by atomic mass is 10.6. The summed E-state index contributed by atoms with van der Waals surface area (Å²) in [6.07, 6.45) is -0.346. The first-order valence-electron chi connectivity index (χ1n) is 1.20. The van der Waals surface area contributed by atoms with E-state index in [1.807, 2.05) is 0 Å². The molecule has 0 aliphatic carbocycles. The van der Waals surface area contributed by atoms with E-state index in [2.05, 4.69) is 11.6 Å². The molecule has 0 fully saturated rings. The maximum atomic E-state index is 11.0. The van der Waals surface area contributed by atoms with Gasteiger partial charge in [0.25, 0.3) is 0 Å². The molecule has 1 unspecified atom stereocenters. The molecule has 0 aromatic heterocycles. The monoisotopic (exact) mass is 93.0 g/mol. The van der Waals surface area contributed by atoms with Crippen LogP contribution >= 0.6 is 11.6 Å². The molecular weight excluding hydrogens is 90.5 g/mol. The van der Waals surface area contributed by atoms with Crippen LogP contribution in [-0.2, 0) is 0 Å². The molecule has 1 atom stereocenters. The first-order chi connectivity index (χ1) is 2.27. The molecule has 3 radical (unpaired) electrons. The normalized spacial score (nSPS) is 15.0. The van der Waals surface area contributed by atoms with Crippen molar-refractivity contribution in [2.75, 3.05) is 0 Å². The predicted octanol–water partition coefficient (Wildman–Crippen LogP) is 1.50. The van der Waals surface area contributed by atoms with E-state index in [1.165, 1.54) is 0 Å². The van der Waals surface area contributed by atoms with Gasteiger partial charge in [0.05, 0.1) is 0 Å². The van der Waals surface area contributed by atoms with Gasteiger partial charge in [0, 0.05) is 0 Å². The summed E-state index contributed by atoms with van der Waals surface area (Å²) in [6, 6.07) is 0. The van der Waals surface area contributed by atoms with Gasteiger partial charge in [0.2, 0.25) is 0 Å². The Hall–Kier alpha value is 0.220. The summed E-state index contributed by atoms with van der Waals surface area (Å²) >= 11 is 4.61. The van der Waals surface area contributed by atoms with Gasteiger partial charge < -0.3 is 0 Å². The third-order valence-corrected chi connectivity index (χ3v) is 0.309. The number of hydrogen-bond acceptors (Lipinski definition) is 0. The predicted molar refractivity (Wildman–Crippen MR) is 18.6 cm³/mol. The van der Waals surface area contributed by atoms with Crippen molar-refractivity contribution in [2.45, 2.75) is 12.1 Å². The van der Waals surface area contributed by atoms with Crippen LogP contribution in [0.5, 0.6) is 0 Å². The van der Waals surface area contributed by atoms with E-state index >= 15 is 0 Å². The zero-order valence-electron chi connectivity index (χ0n) is 2.54. The van der Waals surface area contributed by atoms with Gasteiger partial charge in [-0.3, -0.25) is 0 Å². The van der Waals surface area contributed by atoms with Gasteiger partial charge >= 0.3 is 0 Å². The standard InChI is InChI=1S/C3H3ClF/c1-2-3(4)5/h3H,2H2. The molecule has 0 saturated heterocycles. The number of halogens is 2. The Bertz CT molecular complexity index is 20.9. The van der Waals surface area contributed by atoms with E-state index in [4.69, 9.17) is 6.92 Å². The Kier molecular flexibility index (Phi) is 2.57. The van der Waals surface area contributed by atoms with Crippen molar-refractivity contribution in [3.8, 4) is 0 Å². The topological polar surface area (TPSA) is 0 Å². The van der Waals surface area contributed by atoms with Crippen LogP contribution in [0.4, 0.5) is 4.39 Å². The highest BCUT2D eigenvalue weighted by Gasteiger charge is 1.89. The Morgan fingerprint density at radius 3 is 2.20 bits per heavy atom. The minimum absolute atomic E-state index is 0.346. The molecule has 0 aromatic rings. The van der Waals surface area contributed by atoms with Crippen molar-refractivity contribution in [1.29, 1.82) is 0 Å². The van der Waals surface area contributed by atoms with Gasteiger partial charge in [-0.25, -0.2) is 4.39 Å². The lowest BCUT2D eigenvalue weighted by Crippen LogP contribution is -1.78. The van der Waals surface area contributed by atoms with E-state index in [9.17, 15) is 4.39 Å². The molecule has 0 amide bonds. The second-order valence-electron chi connectivity index (χ2n) is 0.595. The lowest BCUT2D eigenvalue weighted by molar-refractivity contribution is 0.447. The third-order valence-electron chi connectivity index (χ3n) is 0.154. The van der Waals surface area contributed by atoms with Gasteiger partial charge in [0.15, 0.2) is 5.63 Å². The molecule has 0 saturated carbocycles. The van der Waals surface area contributed by atoms with Crippen LogP contribution in [0.3, 0.4) is 0 Å². The average molecular weight is 93.5 g/mol. The number of alkyl halides is 2. The maximum absolute atomic E-state index is 11.0. The average Bonchev–Trinajstić information content (AvgIpc) is 1.38. The molecule has 29 valence electrons. The fourth-order valence-corrected chi connectivity index (χ4v) is 0. The SMILES string of the molecule is [C]CC(F)Cl. The fourth-order valence-electron chi connectivity index (χ4n) is 0. The highest BCUT2D eigenvalue weighted by molar-refractivity contribution is 6.19. The first kappa shape index (κ1) is 5.22. The van der Waals surface area contributed by atoms with Gasteiger partial charge in [-0.1, -0.05) is 11.6 Å². The van der Waals surface area contributed by atoms with Crippen molar-refractivity contribution in [2.24, 2.45) is 0 Å². The molecule has 0 bridgehead atoms. The van der Waals surface area contributed by atoms with Gasteiger partial charge in [-0.2, -0.15) is 0 Å². The van der Waals surface area contributed by atoms with Crippen molar-refractivity contribution in [3.05, 3.63) is 6.92 Å². The molecular formula is C3H3ClF. The van der Waals surface area contributed by atoms with E-state index in [-0.39, 0.29) is 6.42 Å². The summed E-state index contributed by atoms with van der Waals surface area (Å²) < 4.78 is 11.0. The van der Waals surface area contributed by atoms with E-state index < -0.39 is 5.63 Å². The Labute approximate surface area is 35.9 Å². The molecule has 0 N–H and O–H groups in total. The second kappa shape index (κ2) is 2.46. The number of rotatable bonds is 1. The largest absolute Gasteiger partial charge is 0.230 e. The summed E-state index contributed by atoms with van der Waals surface area (Å²) in [4.78, 5) is 0. The van der Waals surface area contributed by atoms with Gasteiger partial charge in [-0.05, 0) is 13.3 Å². The van der Waals surface area contributed by atoms with Gasteiger partial charge in [0.1, 0.15) is 0 Å². The molecule has 0 rings (SSSR count). The smallest absolute Gasteiger partial charge is 0.174 e. The Morgan fingerprint density at radius 1 is 2.00 bits per heavy atom. The summed E-state index contributed by atoms with van der Waals surface area (Å²) in [5.41, 5.74) is -1.48. The van der Waals surface area contributed by atoms with Crippen LogP contribution in [0.2, 0.25) is 0 Å². The third kappa shape index (κ3) is 4.22. The minimum Gasteiger partial charge on any atom is -0.230 e. The summed E-state index contributed by atoms with van der Waals surface area (Å²) in [5.74, 6) is 0. The van der Waals surface area contributed by atoms with E-state index in [0.29, 0.717) is 0 Å². The molecule has 0 aliphatic heterocycles. The molecule has 0 spiro atoms. The second-order valence-corrected chi connectivity index (χ2v) is 1.07. The lowest BCUT2D eigenvalue weighted by Gasteiger charge is -1.82. The highest BCUT2D eigenvalue weighted by Crippen LogP contribution is 1.98. The first-order valence-corrected chi connectivity index (χ1v) is 1.63. The van der Waals surface area contributed by atoms with Crippen molar-refractivity contribution in [1.82, 2.24) is 0 Å². The minimum atomic E-state index is -1.48. The van der Waals surface area contributed by atoms with E-state index in [0.717, 1.165) is 0 Å². The quantitative estimate of drug-likeness (QED) is 0.431. The van der Waals surface area contributed by atoms with Crippen LogP contribution in [-0.4, -0.2) is 5.63 Å². The highest BCUT2D eigenvalue weighted by atomic mass is 35.5. The van der Waals surface area contributed by atoms with Crippen molar-refractivity contribution < 1.29 is 4.39 Å². The van der Waals surface area contributed by atoms with Crippen LogP contribution in [0.25, 0.3) is 0 Å². The van der Waals surface area contributed by atoms with Crippen LogP contribution < -0.4 is 0 Å². The van der Waals surface area contributed by atoms with Crippen LogP contribution in [0, 0.1) is 6.92 Å². The Balaban J connectivity index is 2.54. The zero-order chi connectivity index (χ0) is 4.28. The Morgan fingerprint density at radius 2 is 2.20 bits per heavy atom. The molecule has 5 heavy (non-hydrogen) atoms. The van der Waals surface area contributed by atoms with Crippen LogP contribution in [0.1, 0.15) is 6.42 Å². The van der Waals surface area contributed by atoms with Crippen LogP contribution in [0.15, 0.2) is 0 Å². The number of hydrogen-bond donors (Lipinski definition) is 0. The molecule has 0 aromatic carbocycles. The summed E-state index contributed by atoms with van der Waals surface area (Å²) in [5, 5.41) is 0. The fraction of sp³-hybridized carbons (Fsp3) is 0.667. The zero-order valence-corrected chi connectivity index (χ0v) is 3.30. The molecule has 0 nitrogen and oxygen atoms in total. The summed E-state index contributed by atoms with van der Waals surface area (Å²) in [6.45, 7) is 6.15. The van der Waals surface area contributed by atoms with Crippen molar-refractivity contribution >= 4 is 11.6 Å². The van der Waals surface area contributed by atoms with Crippen molar-refractivity contribution in [3.63, 3.8) is 0 Å². The van der Waals surface area contributed by atoms with E-state index in [1.54, 1.807) is 0 Å².